The van der Waals surface area contributed by atoms with Gasteiger partial charge in [-0.25, -0.2) is 9.78 Å². The molecule has 0 spiro atoms. The lowest BCUT2D eigenvalue weighted by Gasteiger charge is -2.08. The lowest BCUT2D eigenvalue weighted by atomic mass is 10.1. The Morgan fingerprint density at radius 2 is 2.21 bits per heavy atom. The average molecular weight is 221 g/mol. The van der Waals surface area contributed by atoms with Crippen molar-refractivity contribution in [2.45, 2.75) is 13.0 Å². The fourth-order valence-corrected chi connectivity index (χ4v) is 1.13. The van der Waals surface area contributed by atoms with Gasteiger partial charge in [0.2, 0.25) is 0 Å². The molecule has 3 N–H and O–H groups in total. The molecule has 14 heavy (non-hydrogen) atoms. The number of carbonyl (C=O) groups is 1. The van der Waals surface area contributed by atoms with Crippen LogP contribution in [0.4, 0.5) is 4.70 Å². The molecule has 0 bridgehead atoms. The van der Waals surface area contributed by atoms with E-state index in [2.05, 4.69) is 4.98 Å². The van der Waals surface area contributed by atoms with Gasteiger partial charge in [0.1, 0.15) is 5.15 Å². The Morgan fingerprint density at radius 1 is 1.64 bits per heavy atom. The molecular weight excluding hydrogens is 211 g/mol. The number of carboxylic acid groups (broad SMARTS) is 1. The molecule has 0 aromatic carbocycles. The normalized spacial score (nSPS) is 11.6. The Balaban J connectivity index is 0.00000169. The molecule has 0 saturated heterocycles. The van der Waals surface area contributed by atoms with E-state index >= 15 is 0 Å². The molecule has 0 aliphatic rings. The topological polar surface area (TPSA) is 76.2 Å². The zero-order chi connectivity index (χ0) is 10.0. The van der Waals surface area contributed by atoms with Gasteiger partial charge in [0.05, 0.1) is 11.3 Å². The molecule has 0 amide bonds. The molecule has 1 aromatic heterocycles. The molecule has 0 aliphatic carbocycles. The molecule has 1 unspecified atom stereocenters. The largest absolute Gasteiger partial charge is 0.478 e. The van der Waals surface area contributed by atoms with Gasteiger partial charge in [0.25, 0.3) is 0 Å². The average Bonchev–Trinajstić information content (AvgIpc) is 2.03. The van der Waals surface area contributed by atoms with Crippen molar-refractivity contribution in [3.8, 4) is 0 Å². The first-order valence-corrected chi connectivity index (χ1v) is 4.05. The summed E-state index contributed by atoms with van der Waals surface area (Å²) in [6, 6.07) is 2.39. The second-order valence-corrected chi connectivity index (χ2v) is 3.05. The van der Waals surface area contributed by atoms with Gasteiger partial charge in [0.15, 0.2) is 0 Å². The van der Waals surface area contributed by atoms with Crippen LogP contribution in [0.5, 0.6) is 0 Å². The van der Waals surface area contributed by atoms with E-state index in [-0.39, 0.29) is 15.4 Å². The predicted molar refractivity (Wildman–Crippen MR) is 51.3 cm³/mol. The number of nitrogens with two attached hydrogens (primary N) is 1. The number of carboxylic acids is 1. The van der Waals surface area contributed by atoms with Crippen LogP contribution in [-0.2, 0) is 0 Å². The van der Waals surface area contributed by atoms with E-state index in [1.165, 1.54) is 12.1 Å². The smallest absolute Gasteiger partial charge is 0.337 e. The summed E-state index contributed by atoms with van der Waals surface area (Å²) in [6.07, 6.45) is 0. The van der Waals surface area contributed by atoms with Crippen LogP contribution in [0.15, 0.2) is 12.1 Å². The van der Waals surface area contributed by atoms with Crippen molar-refractivity contribution < 1.29 is 14.6 Å². The Hall–Kier alpha value is -1.20. The highest BCUT2D eigenvalue weighted by molar-refractivity contribution is 6.29. The number of pyridine rings is 1. The van der Waals surface area contributed by atoms with Gasteiger partial charge >= 0.3 is 5.97 Å². The van der Waals surface area contributed by atoms with Gasteiger partial charge in [-0.3, -0.25) is 4.70 Å². The molecule has 1 rings (SSSR count). The van der Waals surface area contributed by atoms with Gasteiger partial charge in [-0.1, -0.05) is 11.6 Å². The maximum absolute atomic E-state index is 10.7. The molecular formula is C8H10ClFN2O2. The van der Waals surface area contributed by atoms with Crippen LogP contribution in [0, 0.1) is 0 Å². The summed E-state index contributed by atoms with van der Waals surface area (Å²) in [5.74, 6) is -1.04. The van der Waals surface area contributed by atoms with Crippen molar-refractivity contribution in [1.29, 1.82) is 0 Å². The third-order valence-electron chi connectivity index (χ3n) is 1.55. The zero-order valence-corrected chi connectivity index (χ0v) is 8.15. The number of aromatic carboxylic acids is 1. The second kappa shape index (κ2) is 4.88. The quantitative estimate of drug-likeness (QED) is 0.743. The molecule has 1 heterocycles. The SMILES string of the molecule is CC(N)c1nc(Cl)ccc1C(=O)O.F. The van der Waals surface area contributed by atoms with E-state index in [1.54, 1.807) is 6.92 Å². The van der Waals surface area contributed by atoms with E-state index in [1.807, 2.05) is 0 Å². The predicted octanol–water partition coefficient (Wildman–Crippen LogP) is 1.61. The molecule has 1 atom stereocenters. The molecule has 0 radical (unpaired) electrons. The summed E-state index contributed by atoms with van der Waals surface area (Å²) in [6.45, 7) is 1.66. The summed E-state index contributed by atoms with van der Waals surface area (Å²) in [4.78, 5) is 14.6. The van der Waals surface area contributed by atoms with Gasteiger partial charge in [-0.2, -0.15) is 0 Å². The Kier molecular flexibility index (Phi) is 4.46. The zero-order valence-electron chi connectivity index (χ0n) is 7.40. The van der Waals surface area contributed by atoms with E-state index in [9.17, 15) is 4.79 Å². The van der Waals surface area contributed by atoms with Gasteiger partial charge in [-0.15, -0.1) is 0 Å². The lowest BCUT2D eigenvalue weighted by molar-refractivity contribution is 0.0694. The van der Waals surface area contributed by atoms with Gasteiger partial charge in [0, 0.05) is 6.04 Å². The lowest BCUT2D eigenvalue weighted by Crippen LogP contribution is -2.13. The fraction of sp³-hybridized carbons (Fsp3) is 0.250. The maximum atomic E-state index is 10.7. The number of rotatable bonds is 2. The van der Waals surface area contributed by atoms with Crippen LogP contribution < -0.4 is 5.73 Å². The van der Waals surface area contributed by atoms with Gasteiger partial charge in [-0.05, 0) is 19.1 Å². The van der Waals surface area contributed by atoms with Crippen molar-refractivity contribution in [2.24, 2.45) is 5.73 Å². The van der Waals surface area contributed by atoms with E-state index in [4.69, 9.17) is 22.4 Å². The first-order valence-electron chi connectivity index (χ1n) is 3.67. The van der Waals surface area contributed by atoms with Crippen molar-refractivity contribution in [2.75, 3.05) is 0 Å². The second-order valence-electron chi connectivity index (χ2n) is 2.66. The molecule has 0 saturated carbocycles. The number of nitrogens with zero attached hydrogens (tertiary/aromatic N) is 1. The number of hydrogen-bond acceptors (Lipinski definition) is 3. The van der Waals surface area contributed by atoms with E-state index in [0.29, 0.717) is 5.69 Å². The van der Waals surface area contributed by atoms with Crippen molar-refractivity contribution in [3.05, 3.63) is 28.5 Å². The van der Waals surface area contributed by atoms with E-state index < -0.39 is 12.0 Å². The summed E-state index contributed by atoms with van der Waals surface area (Å²) in [5.41, 5.74) is 5.94. The summed E-state index contributed by atoms with van der Waals surface area (Å²) >= 11 is 5.61. The molecule has 0 aliphatic heterocycles. The standard InChI is InChI=1S/C8H9ClN2O2.FH/c1-4(10)7-5(8(12)13)2-3-6(9)11-7;/h2-4H,10H2,1H3,(H,12,13);1H. The number of aromatic nitrogens is 1. The summed E-state index contributed by atoms with van der Waals surface area (Å²) in [7, 11) is 0. The molecule has 0 fully saturated rings. The van der Waals surface area contributed by atoms with Crippen LogP contribution in [0.3, 0.4) is 0 Å². The first-order chi connectivity index (χ1) is 6.02. The van der Waals surface area contributed by atoms with Crippen LogP contribution >= 0.6 is 11.6 Å². The summed E-state index contributed by atoms with van der Waals surface area (Å²) in [5, 5.41) is 9.01. The van der Waals surface area contributed by atoms with Crippen molar-refractivity contribution >= 4 is 17.6 Å². The minimum atomic E-state index is -1.04. The molecule has 6 heteroatoms. The van der Waals surface area contributed by atoms with Crippen molar-refractivity contribution in [1.82, 2.24) is 4.98 Å². The third kappa shape index (κ3) is 2.65. The monoisotopic (exact) mass is 220 g/mol. The summed E-state index contributed by atoms with van der Waals surface area (Å²) < 4.78 is 0. The van der Waals surface area contributed by atoms with Crippen LogP contribution in [0.1, 0.15) is 29.0 Å². The van der Waals surface area contributed by atoms with Crippen LogP contribution in [0.25, 0.3) is 0 Å². The maximum Gasteiger partial charge on any atom is 0.337 e. The highest BCUT2D eigenvalue weighted by atomic mass is 35.5. The van der Waals surface area contributed by atoms with Crippen LogP contribution in [0.2, 0.25) is 5.15 Å². The highest BCUT2D eigenvalue weighted by Crippen LogP contribution is 2.16. The molecule has 78 valence electrons. The first kappa shape index (κ1) is 12.8. The van der Waals surface area contributed by atoms with E-state index in [0.717, 1.165) is 0 Å². The minimum Gasteiger partial charge on any atom is -0.478 e. The fourth-order valence-electron chi connectivity index (χ4n) is 0.978. The number of hydrogen-bond donors (Lipinski definition) is 2. The molecule has 1 aromatic rings. The highest BCUT2D eigenvalue weighted by Gasteiger charge is 2.14. The van der Waals surface area contributed by atoms with Crippen LogP contribution in [-0.4, -0.2) is 16.1 Å². The Labute approximate surface area is 85.1 Å². The number of halogens is 2. The Bertz CT molecular complexity index is 344. The Morgan fingerprint density at radius 3 is 2.64 bits per heavy atom. The van der Waals surface area contributed by atoms with Crippen molar-refractivity contribution in [3.63, 3.8) is 0 Å². The van der Waals surface area contributed by atoms with Gasteiger partial charge < -0.3 is 10.8 Å². The minimum absolute atomic E-state index is 0. The molecule has 4 nitrogen and oxygen atoms in total. The third-order valence-corrected chi connectivity index (χ3v) is 1.76.